The van der Waals surface area contributed by atoms with Crippen LogP contribution in [0.1, 0.15) is 34.5 Å². The highest BCUT2D eigenvalue weighted by atomic mass is 16.6. The van der Waals surface area contributed by atoms with E-state index in [2.05, 4.69) is 15.3 Å². The van der Waals surface area contributed by atoms with Crippen molar-refractivity contribution in [2.24, 2.45) is 5.16 Å². The summed E-state index contributed by atoms with van der Waals surface area (Å²) >= 11 is 0. The molecule has 2 heterocycles. The van der Waals surface area contributed by atoms with Gasteiger partial charge in [0.25, 0.3) is 5.91 Å². The summed E-state index contributed by atoms with van der Waals surface area (Å²) in [5.74, 6) is 0.883. The number of nitrogens with zero attached hydrogens (tertiary/aromatic N) is 5. The lowest BCUT2D eigenvalue weighted by Crippen LogP contribution is -2.31. The van der Waals surface area contributed by atoms with Crippen LogP contribution in [0.4, 0.5) is 0 Å². The van der Waals surface area contributed by atoms with Crippen LogP contribution in [0.5, 0.6) is 0 Å². The molecule has 0 bridgehead atoms. The molecular weight excluding hydrogens is 394 g/mol. The van der Waals surface area contributed by atoms with Crippen molar-refractivity contribution in [2.45, 2.75) is 19.0 Å². The molecule has 0 aliphatic carbocycles. The van der Waals surface area contributed by atoms with E-state index in [9.17, 15) is 4.79 Å². The van der Waals surface area contributed by atoms with Gasteiger partial charge in [0.2, 0.25) is 5.89 Å². The summed E-state index contributed by atoms with van der Waals surface area (Å²) in [6.45, 7) is 0.892. The van der Waals surface area contributed by atoms with Gasteiger partial charge in [-0.05, 0) is 37.4 Å². The van der Waals surface area contributed by atoms with E-state index in [-0.39, 0.29) is 11.9 Å². The van der Waals surface area contributed by atoms with Gasteiger partial charge in [-0.2, -0.15) is 4.98 Å². The normalized spacial score (nSPS) is 17.5. The van der Waals surface area contributed by atoms with Gasteiger partial charge in [0.05, 0.1) is 18.8 Å². The lowest BCUT2D eigenvalue weighted by Gasteiger charge is -2.21. The summed E-state index contributed by atoms with van der Waals surface area (Å²) in [5, 5.41) is 8.19. The highest BCUT2D eigenvalue weighted by Crippen LogP contribution is 2.31. The number of hydrogen-bond acceptors (Lipinski definition) is 7. The zero-order valence-electron chi connectivity index (χ0n) is 17.9. The lowest BCUT2D eigenvalue weighted by atomic mass is 10.0. The topological polar surface area (TPSA) is 84.1 Å². The molecule has 0 saturated carbocycles. The Morgan fingerprint density at radius 2 is 1.87 bits per heavy atom. The largest absolute Gasteiger partial charge is 0.399 e. The van der Waals surface area contributed by atoms with Crippen molar-refractivity contribution in [3.8, 4) is 11.1 Å². The fourth-order valence-electron chi connectivity index (χ4n) is 3.68. The van der Waals surface area contributed by atoms with Gasteiger partial charge in [-0.3, -0.25) is 4.79 Å². The first-order chi connectivity index (χ1) is 15.0. The van der Waals surface area contributed by atoms with Crippen LogP contribution >= 0.6 is 0 Å². The van der Waals surface area contributed by atoms with Crippen LogP contribution < -0.4 is 0 Å². The smallest absolute Gasteiger partial charge is 0.254 e. The average Bonchev–Trinajstić information content (AvgIpc) is 3.41. The summed E-state index contributed by atoms with van der Waals surface area (Å²) in [6, 6.07) is 17.3. The molecular formula is C23H25N5O3. The second-order valence-corrected chi connectivity index (χ2v) is 7.72. The maximum Gasteiger partial charge on any atom is 0.254 e. The second-order valence-electron chi connectivity index (χ2n) is 7.72. The van der Waals surface area contributed by atoms with Crippen molar-refractivity contribution >= 4 is 11.6 Å². The number of hydrogen-bond donors (Lipinski definition) is 0. The zero-order chi connectivity index (χ0) is 21.8. The number of carbonyl (C=O) groups excluding carboxylic acids is 1. The predicted octanol–water partition coefficient (Wildman–Crippen LogP) is 3.39. The molecule has 1 atom stereocenters. The Labute approximate surface area is 181 Å². The first-order valence-corrected chi connectivity index (χ1v) is 10.1. The number of carbonyl (C=O) groups is 1. The van der Waals surface area contributed by atoms with Gasteiger partial charge in [-0.1, -0.05) is 52.8 Å². The van der Waals surface area contributed by atoms with Crippen LogP contribution in [0.15, 0.2) is 64.3 Å². The van der Waals surface area contributed by atoms with Crippen LogP contribution in [0, 0.1) is 0 Å². The molecule has 1 aromatic heterocycles. The van der Waals surface area contributed by atoms with E-state index < -0.39 is 0 Å². The van der Waals surface area contributed by atoms with E-state index in [0.29, 0.717) is 36.8 Å². The molecule has 4 rings (SSSR count). The summed E-state index contributed by atoms with van der Waals surface area (Å²) in [6.07, 6.45) is 0.503. The van der Waals surface area contributed by atoms with Crippen molar-refractivity contribution in [3.05, 3.63) is 71.9 Å². The third-order valence-corrected chi connectivity index (χ3v) is 5.11. The van der Waals surface area contributed by atoms with Gasteiger partial charge in [-0.15, -0.1) is 0 Å². The molecule has 8 nitrogen and oxygen atoms in total. The Balaban J connectivity index is 1.58. The molecule has 0 radical (unpaired) electrons. The molecule has 31 heavy (non-hydrogen) atoms. The van der Waals surface area contributed by atoms with Gasteiger partial charge in [0.15, 0.2) is 5.82 Å². The van der Waals surface area contributed by atoms with Crippen molar-refractivity contribution in [1.29, 1.82) is 0 Å². The van der Waals surface area contributed by atoms with Crippen molar-refractivity contribution in [3.63, 3.8) is 0 Å². The molecule has 0 unspecified atom stereocenters. The molecule has 0 spiro atoms. The Kier molecular flexibility index (Phi) is 6.08. The standard InChI is InChI=1S/C23H25N5O3/c1-27(2)15-21-24-22(26-31-21)20-13-19(25-30-3)14-28(20)23(29)18-11-9-17(10-12-18)16-7-5-4-6-8-16/h4-12,20H,13-15H2,1-3H3/t20-/m0/s1. The molecule has 1 aliphatic rings. The third-order valence-electron chi connectivity index (χ3n) is 5.11. The Morgan fingerprint density at radius 3 is 2.55 bits per heavy atom. The molecule has 0 N–H and O–H groups in total. The first kappa shape index (κ1) is 20.7. The minimum atomic E-state index is -0.352. The van der Waals surface area contributed by atoms with Crippen molar-refractivity contribution in [2.75, 3.05) is 27.7 Å². The highest BCUT2D eigenvalue weighted by Gasteiger charge is 2.37. The van der Waals surface area contributed by atoms with Crippen LogP contribution in [0.3, 0.4) is 0 Å². The molecule has 1 fully saturated rings. The van der Waals surface area contributed by atoms with E-state index in [1.54, 1.807) is 4.90 Å². The Hall–Kier alpha value is -3.52. The van der Waals surface area contributed by atoms with Crippen LogP contribution in [0.2, 0.25) is 0 Å². The maximum atomic E-state index is 13.3. The van der Waals surface area contributed by atoms with Gasteiger partial charge in [0, 0.05) is 12.0 Å². The number of amides is 1. The molecule has 8 heteroatoms. The second kappa shape index (κ2) is 9.09. The van der Waals surface area contributed by atoms with Gasteiger partial charge in [-0.25, -0.2) is 0 Å². The zero-order valence-corrected chi connectivity index (χ0v) is 17.9. The van der Waals surface area contributed by atoms with Gasteiger partial charge >= 0.3 is 0 Å². The van der Waals surface area contributed by atoms with E-state index in [0.717, 1.165) is 16.8 Å². The monoisotopic (exact) mass is 419 g/mol. The molecule has 2 aromatic carbocycles. The lowest BCUT2D eigenvalue weighted by molar-refractivity contribution is 0.0732. The van der Waals surface area contributed by atoms with Crippen molar-refractivity contribution < 1.29 is 14.2 Å². The van der Waals surface area contributed by atoms with E-state index >= 15 is 0 Å². The van der Waals surface area contributed by atoms with Gasteiger partial charge < -0.3 is 19.2 Å². The summed E-state index contributed by atoms with van der Waals surface area (Å²) in [5.41, 5.74) is 3.53. The number of benzene rings is 2. The number of rotatable bonds is 6. The Bertz CT molecular complexity index is 1060. The quantitative estimate of drug-likeness (QED) is 0.570. The summed E-state index contributed by atoms with van der Waals surface area (Å²) < 4.78 is 5.37. The van der Waals surface area contributed by atoms with E-state index in [1.807, 2.05) is 73.6 Å². The van der Waals surface area contributed by atoms with E-state index in [1.165, 1.54) is 7.11 Å². The Morgan fingerprint density at radius 1 is 1.16 bits per heavy atom. The van der Waals surface area contributed by atoms with Crippen LogP contribution in [-0.4, -0.2) is 59.3 Å². The molecule has 1 saturated heterocycles. The third kappa shape index (κ3) is 4.64. The molecule has 1 aliphatic heterocycles. The SMILES string of the molecule is CON=C1C[C@@H](c2noc(CN(C)C)n2)N(C(=O)c2ccc(-c3ccccc3)cc2)C1. The summed E-state index contributed by atoms with van der Waals surface area (Å²) in [7, 11) is 5.35. The summed E-state index contributed by atoms with van der Waals surface area (Å²) in [4.78, 5) is 26.5. The fraction of sp³-hybridized carbons (Fsp3) is 0.304. The number of oxime groups is 1. The predicted molar refractivity (Wildman–Crippen MR) is 116 cm³/mol. The van der Waals surface area contributed by atoms with Crippen molar-refractivity contribution in [1.82, 2.24) is 19.9 Å². The molecule has 1 amide bonds. The number of likely N-dealkylation sites (tertiary alicyclic amines) is 1. The molecule has 3 aromatic rings. The van der Waals surface area contributed by atoms with Crippen LogP contribution in [0.25, 0.3) is 11.1 Å². The minimum absolute atomic E-state index is 0.107. The minimum Gasteiger partial charge on any atom is -0.399 e. The maximum absolute atomic E-state index is 13.3. The van der Waals surface area contributed by atoms with Gasteiger partial charge in [0.1, 0.15) is 13.2 Å². The first-order valence-electron chi connectivity index (χ1n) is 10.1. The van der Waals surface area contributed by atoms with Crippen LogP contribution in [-0.2, 0) is 11.4 Å². The van der Waals surface area contributed by atoms with E-state index in [4.69, 9.17) is 9.36 Å². The fourth-order valence-corrected chi connectivity index (χ4v) is 3.68. The average molecular weight is 419 g/mol. The highest BCUT2D eigenvalue weighted by molar-refractivity contribution is 6.00. The number of aromatic nitrogens is 2. The molecule has 160 valence electrons.